The van der Waals surface area contributed by atoms with Gasteiger partial charge < -0.3 is 5.32 Å². The molecule has 122 valence electrons. The number of hydrogen-bond donors (Lipinski definition) is 2. The molecule has 1 aliphatic carbocycles. The van der Waals surface area contributed by atoms with Crippen molar-refractivity contribution in [3.05, 3.63) is 45.1 Å². The van der Waals surface area contributed by atoms with Crippen molar-refractivity contribution in [3.8, 4) is 0 Å². The fourth-order valence-corrected chi connectivity index (χ4v) is 4.85. The van der Waals surface area contributed by atoms with E-state index < -0.39 is 10.0 Å². The van der Waals surface area contributed by atoms with Gasteiger partial charge in [0.25, 0.3) is 5.91 Å². The fourth-order valence-electron chi connectivity index (χ4n) is 2.71. The zero-order valence-corrected chi connectivity index (χ0v) is 14.6. The zero-order valence-electron chi connectivity index (χ0n) is 13.0. The fraction of sp³-hybridized carbons (Fsp3) is 0.312. The van der Waals surface area contributed by atoms with Crippen LogP contribution in [0.4, 0.5) is 5.69 Å². The summed E-state index contributed by atoms with van der Waals surface area (Å²) in [6.45, 7) is 1.72. The highest BCUT2D eigenvalue weighted by molar-refractivity contribution is 7.89. The largest absolute Gasteiger partial charge is 0.321 e. The van der Waals surface area contributed by atoms with Crippen molar-refractivity contribution in [2.45, 2.75) is 31.1 Å². The van der Waals surface area contributed by atoms with Crippen LogP contribution in [-0.2, 0) is 22.9 Å². The predicted molar refractivity (Wildman–Crippen MR) is 91.7 cm³/mol. The summed E-state index contributed by atoms with van der Waals surface area (Å²) in [4.78, 5) is 14.5. The van der Waals surface area contributed by atoms with E-state index in [9.17, 15) is 13.2 Å². The summed E-state index contributed by atoms with van der Waals surface area (Å²) in [6.07, 6.45) is 3.24. The number of rotatable bonds is 4. The Bertz CT molecular complexity index is 848. The van der Waals surface area contributed by atoms with Crippen molar-refractivity contribution in [1.29, 1.82) is 0 Å². The minimum Gasteiger partial charge on any atom is -0.321 e. The van der Waals surface area contributed by atoms with Gasteiger partial charge in [-0.05, 0) is 62.6 Å². The lowest BCUT2D eigenvalue weighted by Gasteiger charge is -2.10. The molecule has 0 radical (unpaired) electrons. The summed E-state index contributed by atoms with van der Waals surface area (Å²) in [6, 6.07) is 6.83. The van der Waals surface area contributed by atoms with Gasteiger partial charge in [-0.1, -0.05) is 6.07 Å². The maximum atomic E-state index is 12.4. The van der Waals surface area contributed by atoms with Crippen molar-refractivity contribution >= 4 is 33.0 Å². The van der Waals surface area contributed by atoms with Crippen molar-refractivity contribution in [2.24, 2.45) is 0 Å². The second-order valence-electron chi connectivity index (χ2n) is 5.55. The summed E-state index contributed by atoms with van der Waals surface area (Å²) in [5, 5.41) is 2.79. The molecule has 0 saturated carbocycles. The Hall–Kier alpha value is -1.70. The standard InChI is InChI=1S/C16H18N2O3S2/c1-10-6-7-12(9-15(10)23(20,21)17-2)18-16(19)14-8-11-4-3-5-13(11)22-14/h6-9,17H,3-5H2,1-2H3,(H,18,19). The molecule has 5 nitrogen and oxygen atoms in total. The highest BCUT2D eigenvalue weighted by atomic mass is 32.2. The summed E-state index contributed by atoms with van der Waals surface area (Å²) in [5.41, 5.74) is 2.37. The molecular formula is C16H18N2O3S2. The molecular weight excluding hydrogens is 332 g/mol. The van der Waals surface area contributed by atoms with Crippen molar-refractivity contribution in [1.82, 2.24) is 4.72 Å². The first kappa shape index (κ1) is 16.2. The number of nitrogens with one attached hydrogen (secondary N) is 2. The van der Waals surface area contributed by atoms with E-state index in [0.29, 0.717) is 16.1 Å². The molecule has 23 heavy (non-hydrogen) atoms. The molecule has 0 saturated heterocycles. The Kier molecular flexibility index (Phi) is 4.27. The summed E-state index contributed by atoms with van der Waals surface area (Å²) in [5.74, 6) is -0.193. The highest BCUT2D eigenvalue weighted by Crippen LogP contribution is 2.31. The topological polar surface area (TPSA) is 75.3 Å². The molecule has 0 spiro atoms. The molecule has 0 atom stereocenters. The SMILES string of the molecule is CNS(=O)(=O)c1cc(NC(=O)c2cc3c(s2)CCC3)ccc1C. The van der Waals surface area contributed by atoms with Crippen LogP contribution in [0, 0.1) is 6.92 Å². The van der Waals surface area contributed by atoms with Crippen LogP contribution in [-0.4, -0.2) is 21.4 Å². The van der Waals surface area contributed by atoms with Gasteiger partial charge in [0.2, 0.25) is 10.0 Å². The van der Waals surface area contributed by atoms with Gasteiger partial charge in [0, 0.05) is 10.6 Å². The van der Waals surface area contributed by atoms with Gasteiger partial charge in [0.05, 0.1) is 9.77 Å². The predicted octanol–water partition coefficient (Wildman–Crippen LogP) is 2.71. The number of sulfonamides is 1. The number of carbonyl (C=O) groups is 1. The van der Waals surface area contributed by atoms with Gasteiger partial charge >= 0.3 is 0 Å². The second kappa shape index (κ2) is 6.07. The zero-order chi connectivity index (χ0) is 16.6. The summed E-state index contributed by atoms with van der Waals surface area (Å²) in [7, 11) is -2.18. The minimum absolute atomic E-state index is 0.173. The van der Waals surface area contributed by atoms with Crippen LogP contribution >= 0.6 is 11.3 Å². The molecule has 1 heterocycles. The van der Waals surface area contributed by atoms with Crippen LogP contribution in [0.5, 0.6) is 0 Å². The molecule has 1 aromatic carbocycles. The average Bonchev–Trinajstić information content (AvgIpc) is 3.10. The maximum Gasteiger partial charge on any atom is 0.265 e. The number of benzene rings is 1. The lowest BCUT2D eigenvalue weighted by molar-refractivity contribution is 0.103. The first-order valence-corrected chi connectivity index (χ1v) is 9.68. The minimum atomic E-state index is -3.55. The monoisotopic (exact) mass is 350 g/mol. The third kappa shape index (κ3) is 3.17. The average molecular weight is 350 g/mol. The molecule has 0 bridgehead atoms. The van der Waals surface area contributed by atoms with Crippen LogP contribution in [0.2, 0.25) is 0 Å². The Balaban J connectivity index is 1.85. The third-order valence-electron chi connectivity index (χ3n) is 3.97. The Morgan fingerprint density at radius 3 is 2.70 bits per heavy atom. The summed E-state index contributed by atoms with van der Waals surface area (Å²) >= 11 is 1.52. The van der Waals surface area contributed by atoms with Gasteiger partial charge in [-0.2, -0.15) is 0 Å². The van der Waals surface area contributed by atoms with Crippen molar-refractivity contribution < 1.29 is 13.2 Å². The number of carbonyl (C=O) groups excluding carboxylic acids is 1. The Morgan fingerprint density at radius 1 is 1.22 bits per heavy atom. The van der Waals surface area contributed by atoms with Crippen LogP contribution in [0.1, 0.15) is 32.1 Å². The van der Waals surface area contributed by atoms with E-state index >= 15 is 0 Å². The number of thiophene rings is 1. The third-order valence-corrected chi connectivity index (χ3v) is 6.77. The van der Waals surface area contributed by atoms with E-state index in [1.54, 1.807) is 19.1 Å². The number of anilines is 1. The van der Waals surface area contributed by atoms with Crippen molar-refractivity contribution in [2.75, 3.05) is 12.4 Å². The molecule has 0 aliphatic heterocycles. The van der Waals surface area contributed by atoms with E-state index in [1.165, 1.54) is 34.9 Å². The van der Waals surface area contributed by atoms with Gasteiger partial charge in [-0.15, -0.1) is 11.3 Å². The second-order valence-corrected chi connectivity index (χ2v) is 8.55. The maximum absolute atomic E-state index is 12.4. The molecule has 0 fully saturated rings. The van der Waals surface area contributed by atoms with E-state index in [1.807, 2.05) is 6.07 Å². The quantitative estimate of drug-likeness (QED) is 0.890. The summed E-state index contributed by atoms with van der Waals surface area (Å²) < 4.78 is 26.3. The molecule has 3 rings (SSSR count). The number of aryl methyl sites for hydroxylation is 3. The van der Waals surface area contributed by atoms with E-state index in [4.69, 9.17) is 0 Å². The van der Waals surface area contributed by atoms with Gasteiger partial charge in [0.1, 0.15) is 0 Å². The molecule has 1 aromatic heterocycles. The van der Waals surface area contributed by atoms with Crippen LogP contribution in [0.15, 0.2) is 29.2 Å². The molecule has 1 aliphatic rings. The normalized spacial score (nSPS) is 13.8. The lowest BCUT2D eigenvalue weighted by Crippen LogP contribution is -2.20. The molecule has 0 unspecified atom stereocenters. The van der Waals surface area contributed by atoms with Crippen molar-refractivity contribution in [3.63, 3.8) is 0 Å². The van der Waals surface area contributed by atoms with E-state index in [2.05, 4.69) is 10.0 Å². The molecule has 7 heteroatoms. The number of fused-ring (bicyclic) bond motifs is 1. The molecule has 1 amide bonds. The van der Waals surface area contributed by atoms with E-state index in [-0.39, 0.29) is 10.8 Å². The van der Waals surface area contributed by atoms with Crippen LogP contribution < -0.4 is 10.0 Å². The smallest absolute Gasteiger partial charge is 0.265 e. The highest BCUT2D eigenvalue weighted by Gasteiger charge is 2.20. The first-order valence-electron chi connectivity index (χ1n) is 7.38. The Labute approximate surface area is 139 Å². The Morgan fingerprint density at radius 2 is 2.00 bits per heavy atom. The van der Waals surface area contributed by atoms with Gasteiger partial charge in [0.15, 0.2) is 0 Å². The van der Waals surface area contributed by atoms with Gasteiger partial charge in [-0.25, -0.2) is 13.1 Å². The lowest BCUT2D eigenvalue weighted by atomic mass is 10.2. The molecule has 2 N–H and O–H groups in total. The van der Waals surface area contributed by atoms with Gasteiger partial charge in [-0.3, -0.25) is 4.79 Å². The number of hydrogen-bond acceptors (Lipinski definition) is 4. The van der Waals surface area contributed by atoms with Crippen LogP contribution in [0.3, 0.4) is 0 Å². The molecule has 2 aromatic rings. The van der Waals surface area contributed by atoms with Crippen LogP contribution in [0.25, 0.3) is 0 Å². The van der Waals surface area contributed by atoms with E-state index in [0.717, 1.165) is 19.3 Å². The first-order chi connectivity index (χ1) is 10.9. The number of amides is 1.